The van der Waals surface area contributed by atoms with Crippen molar-refractivity contribution in [2.75, 3.05) is 13.7 Å². The number of aromatic nitrogens is 1. The second kappa shape index (κ2) is 12.4. The van der Waals surface area contributed by atoms with Crippen molar-refractivity contribution in [2.45, 2.75) is 40.5 Å². The van der Waals surface area contributed by atoms with Gasteiger partial charge in [-0.1, -0.05) is 63.6 Å². The molecule has 0 unspecified atom stereocenters. The minimum absolute atomic E-state index is 0.254. The molecule has 0 saturated carbocycles. The van der Waals surface area contributed by atoms with E-state index in [1.54, 1.807) is 36.7 Å². The highest BCUT2D eigenvalue weighted by Gasteiger charge is 2.27. The van der Waals surface area contributed by atoms with Crippen LogP contribution in [-0.2, 0) is 22.9 Å². The molecule has 1 heterocycles. The van der Waals surface area contributed by atoms with Crippen LogP contribution in [0.2, 0.25) is 0 Å². The van der Waals surface area contributed by atoms with Gasteiger partial charge in [-0.2, -0.15) is 5.26 Å². The molecule has 3 rings (SSSR count). The monoisotopic (exact) mass is 460 g/mol. The fourth-order valence-electron chi connectivity index (χ4n) is 3.88. The number of rotatable bonds is 7. The standard InChI is InChI=1S/C26H26N2O4.C2H6/c1-5-8-22-21(16-27)23(24(28(22)3)26(30)32-6-2)18-13-11-17(12-14-18)19-9-7-10-20(15-19)25(29)31-4;1-2/h7,9-15H,5-6,8H2,1-4H3;1-2H3. The number of nitrogens with zero attached hydrogens (tertiary/aromatic N) is 2. The van der Waals surface area contributed by atoms with E-state index in [4.69, 9.17) is 9.47 Å². The molecule has 178 valence electrons. The molecule has 6 nitrogen and oxygen atoms in total. The number of benzene rings is 2. The minimum Gasteiger partial charge on any atom is -0.465 e. The van der Waals surface area contributed by atoms with Crippen LogP contribution in [0.15, 0.2) is 48.5 Å². The average Bonchev–Trinajstić information content (AvgIpc) is 3.16. The van der Waals surface area contributed by atoms with Crippen molar-refractivity contribution in [1.82, 2.24) is 4.57 Å². The molecule has 0 aliphatic heterocycles. The van der Waals surface area contributed by atoms with E-state index in [1.807, 2.05) is 51.1 Å². The number of ether oxygens (including phenoxy) is 2. The van der Waals surface area contributed by atoms with Gasteiger partial charge in [0.15, 0.2) is 0 Å². The Morgan fingerprint density at radius 2 is 1.62 bits per heavy atom. The van der Waals surface area contributed by atoms with Crippen LogP contribution in [0.25, 0.3) is 22.3 Å². The summed E-state index contributed by atoms with van der Waals surface area (Å²) in [5.41, 5.74) is 5.29. The Hall–Kier alpha value is -3.85. The zero-order valence-corrected chi connectivity index (χ0v) is 20.8. The molecule has 6 heteroatoms. The molecule has 34 heavy (non-hydrogen) atoms. The lowest BCUT2D eigenvalue weighted by atomic mass is 9.96. The Labute approximate surface area is 201 Å². The first-order chi connectivity index (χ1) is 16.5. The quantitative estimate of drug-likeness (QED) is 0.394. The molecule has 0 amide bonds. The summed E-state index contributed by atoms with van der Waals surface area (Å²) in [6.07, 6.45) is 1.54. The van der Waals surface area contributed by atoms with Gasteiger partial charge in [0.05, 0.1) is 24.8 Å². The van der Waals surface area contributed by atoms with E-state index >= 15 is 0 Å². The normalized spacial score (nSPS) is 10.0. The van der Waals surface area contributed by atoms with E-state index in [1.165, 1.54) is 7.11 Å². The van der Waals surface area contributed by atoms with Crippen LogP contribution >= 0.6 is 0 Å². The third-order valence-electron chi connectivity index (χ3n) is 5.37. The molecule has 0 spiro atoms. The van der Waals surface area contributed by atoms with Gasteiger partial charge in [-0.05, 0) is 42.2 Å². The van der Waals surface area contributed by atoms with Crippen molar-refractivity contribution in [3.05, 3.63) is 71.0 Å². The first-order valence-electron chi connectivity index (χ1n) is 11.5. The molecule has 3 aromatic rings. The van der Waals surface area contributed by atoms with Crippen LogP contribution in [-0.4, -0.2) is 30.2 Å². The maximum atomic E-state index is 12.8. The van der Waals surface area contributed by atoms with Gasteiger partial charge < -0.3 is 14.0 Å². The zero-order chi connectivity index (χ0) is 25.3. The van der Waals surface area contributed by atoms with Crippen LogP contribution in [0.3, 0.4) is 0 Å². The first kappa shape index (κ1) is 26.4. The van der Waals surface area contributed by atoms with Crippen LogP contribution in [0.4, 0.5) is 0 Å². The number of hydrogen-bond acceptors (Lipinski definition) is 5. The Morgan fingerprint density at radius 1 is 0.971 bits per heavy atom. The van der Waals surface area contributed by atoms with Gasteiger partial charge in [-0.25, -0.2) is 9.59 Å². The van der Waals surface area contributed by atoms with Crippen LogP contribution in [0.5, 0.6) is 0 Å². The summed E-state index contributed by atoms with van der Waals surface area (Å²) in [6, 6.07) is 17.1. The van der Waals surface area contributed by atoms with Crippen molar-refractivity contribution in [3.63, 3.8) is 0 Å². The number of methoxy groups -OCH3 is 1. The van der Waals surface area contributed by atoms with Crippen molar-refractivity contribution < 1.29 is 19.1 Å². The highest BCUT2D eigenvalue weighted by atomic mass is 16.5. The maximum absolute atomic E-state index is 12.8. The van der Waals surface area contributed by atoms with Gasteiger partial charge in [-0.3, -0.25) is 0 Å². The predicted octanol–water partition coefficient (Wildman–Crippen LogP) is 6.17. The lowest BCUT2D eigenvalue weighted by Gasteiger charge is -2.09. The molecule has 0 fully saturated rings. The van der Waals surface area contributed by atoms with Gasteiger partial charge in [0.25, 0.3) is 0 Å². The summed E-state index contributed by atoms with van der Waals surface area (Å²) < 4.78 is 11.9. The van der Waals surface area contributed by atoms with Crippen molar-refractivity contribution in [1.29, 1.82) is 5.26 Å². The smallest absolute Gasteiger partial charge is 0.355 e. The summed E-state index contributed by atoms with van der Waals surface area (Å²) in [5, 5.41) is 9.92. The van der Waals surface area contributed by atoms with E-state index in [0.29, 0.717) is 28.8 Å². The van der Waals surface area contributed by atoms with Gasteiger partial charge in [0, 0.05) is 18.3 Å². The van der Waals surface area contributed by atoms with E-state index in [9.17, 15) is 14.9 Å². The molecule has 0 bridgehead atoms. The van der Waals surface area contributed by atoms with Gasteiger partial charge in [-0.15, -0.1) is 0 Å². The van der Waals surface area contributed by atoms with Gasteiger partial charge >= 0.3 is 11.9 Å². The lowest BCUT2D eigenvalue weighted by molar-refractivity contribution is 0.0515. The van der Waals surface area contributed by atoms with Crippen molar-refractivity contribution in [3.8, 4) is 28.3 Å². The Balaban J connectivity index is 0.00000199. The molecule has 0 aliphatic rings. The third kappa shape index (κ3) is 5.37. The summed E-state index contributed by atoms with van der Waals surface area (Å²) >= 11 is 0. The number of carbonyl (C=O) groups is 2. The summed E-state index contributed by atoms with van der Waals surface area (Å²) in [6.45, 7) is 8.05. The van der Waals surface area contributed by atoms with E-state index in [2.05, 4.69) is 6.07 Å². The molecule has 0 atom stereocenters. The van der Waals surface area contributed by atoms with Crippen molar-refractivity contribution >= 4 is 11.9 Å². The second-order valence-electron chi connectivity index (χ2n) is 7.34. The Bertz CT molecular complexity index is 1180. The maximum Gasteiger partial charge on any atom is 0.355 e. The van der Waals surface area contributed by atoms with Crippen molar-refractivity contribution in [2.24, 2.45) is 7.05 Å². The molecule has 0 saturated heterocycles. The SMILES string of the molecule is CC.CCCc1c(C#N)c(-c2ccc(-c3cccc(C(=O)OC)c3)cc2)c(C(=O)OCC)n1C. The fraction of sp³-hybridized carbons (Fsp3) is 0.321. The second-order valence-corrected chi connectivity index (χ2v) is 7.34. The third-order valence-corrected chi connectivity index (χ3v) is 5.37. The van der Waals surface area contributed by atoms with Crippen LogP contribution < -0.4 is 0 Å². The van der Waals surface area contributed by atoms with Gasteiger partial charge in [0.2, 0.25) is 0 Å². The highest BCUT2D eigenvalue weighted by Crippen LogP contribution is 2.34. The zero-order valence-electron chi connectivity index (χ0n) is 20.8. The molecule has 0 aliphatic carbocycles. The minimum atomic E-state index is -0.446. The van der Waals surface area contributed by atoms with E-state index in [0.717, 1.165) is 28.8 Å². The van der Waals surface area contributed by atoms with Gasteiger partial charge in [0.1, 0.15) is 11.8 Å². The Kier molecular flexibility index (Phi) is 9.63. The number of nitriles is 1. The number of esters is 2. The predicted molar refractivity (Wildman–Crippen MR) is 134 cm³/mol. The largest absolute Gasteiger partial charge is 0.465 e. The molecular weight excluding hydrogens is 428 g/mol. The summed E-state index contributed by atoms with van der Waals surface area (Å²) in [5.74, 6) is -0.840. The number of hydrogen-bond donors (Lipinski definition) is 0. The summed E-state index contributed by atoms with van der Waals surface area (Å²) in [7, 11) is 3.15. The molecule has 0 radical (unpaired) electrons. The average molecular weight is 461 g/mol. The molecule has 2 aromatic carbocycles. The topological polar surface area (TPSA) is 81.3 Å². The van der Waals surface area contributed by atoms with E-state index < -0.39 is 11.9 Å². The molecular formula is C28H32N2O4. The molecule has 1 aromatic heterocycles. The first-order valence-corrected chi connectivity index (χ1v) is 11.5. The Morgan fingerprint density at radius 3 is 2.18 bits per heavy atom. The van der Waals surface area contributed by atoms with Crippen LogP contribution in [0, 0.1) is 11.3 Å². The molecule has 0 N–H and O–H groups in total. The highest BCUT2D eigenvalue weighted by molar-refractivity contribution is 5.98. The fourth-order valence-corrected chi connectivity index (χ4v) is 3.88. The lowest BCUT2D eigenvalue weighted by Crippen LogP contribution is -2.12. The number of carbonyl (C=O) groups excluding carboxylic acids is 2. The van der Waals surface area contributed by atoms with Crippen LogP contribution in [0.1, 0.15) is 66.2 Å². The summed E-state index contributed by atoms with van der Waals surface area (Å²) in [4.78, 5) is 24.6. The van der Waals surface area contributed by atoms with E-state index in [-0.39, 0.29) is 6.61 Å².